The molecule has 0 amide bonds. The van der Waals surface area contributed by atoms with Gasteiger partial charge < -0.3 is 10.1 Å². The molecule has 0 bridgehead atoms. The highest BCUT2D eigenvalue weighted by Gasteiger charge is 2.22. The van der Waals surface area contributed by atoms with E-state index < -0.39 is 11.6 Å². The second-order valence-corrected chi connectivity index (χ2v) is 6.09. The highest BCUT2D eigenvalue weighted by atomic mass is 35.5. The zero-order valence-electron chi connectivity index (χ0n) is 14.3. The van der Waals surface area contributed by atoms with E-state index in [1.807, 2.05) is 6.07 Å². The van der Waals surface area contributed by atoms with Crippen LogP contribution in [-0.4, -0.2) is 37.7 Å². The second-order valence-electron chi connectivity index (χ2n) is 6.09. The number of ether oxygens (including phenoxy) is 1. The van der Waals surface area contributed by atoms with Crippen LogP contribution in [-0.2, 0) is 11.3 Å². The Kier molecular flexibility index (Phi) is 7.90. The van der Waals surface area contributed by atoms with E-state index in [1.165, 1.54) is 18.2 Å². The molecule has 1 aliphatic rings. The van der Waals surface area contributed by atoms with E-state index in [9.17, 15) is 13.2 Å². The Morgan fingerprint density at radius 1 is 1.00 bits per heavy atom. The summed E-state index contributed by atoms with van der Waals surface area (Å²) in [4.78, 5) is 2.22. The van der Waals surface area contributed by atoms with Crippen LogP contribution < -0.4 is 5.32 Å². The molecule has 2 aromatic carbocycles. The van der Waals surface area contributed by atoms with Gasteiger partial charge in [-0.15, -0.1) is 12.4 Å². The fraction of sp³-hybridized carbons (Fsp3) is 0.368. The van der Waals surface area contributed by atoms with Crippen molar-refractivity contribution in [2.24, 2.45) is 0 Å². The van der Waals surface area contributed by atoms with Crippen LogP contribution in [0.4, 0.5) is 13.2 Å². The number of nitrogens with one attached hydrogen (secondary N) is 1. The van der Waals surface area contributed by atoms with Crippen LogP contribution in [0.25, 0.3) is 0 Å². The third kappa shape index (κ3) is 5.45. The maximum absolute atomic E-state index is 13.7. The zero-order valence-corrected chi connectivity index (χ0v) is 15.1. The van der Waals surface area contributed by atoms with E-state index >= 15 is 0 Å². The van der Waals surface area contributed by atoms with Crippen molar-refractivity contribution in [3.8, 4) is 0 Å². The van der Waals surface area contributed by atoms with Crippen molar-refractivity contribution in [2.45, 2.75) is 12.6 Å². The Labute approximate surface area is 157 Å². The lowest BCUT2D eigenvalue weighted by molar-refractivity contribution is 0.0160. The molecule has 1 aliphatic heterocycles. The Morgan fingerprint density at radius 3 is 2.46 bits per heavy atom. The monoisotopic (exact) mass is 386 g/mol. The minimum Gasteiger partial charge on any atom is -0.379 e. The first-order valence-corrected chi connectivity index (χ1v) is 8.35. The van der Waals surface area contributed by atoms with Gasteiger partial charge in [-0.05, 0) is 35.9 Å². The number of rotatable bonds is 6. The van der Waals surface area contributed by atoms with Crippen molar-refractivity contribution in [3.63, 3.8) is 0 Å². The summed E-state index contributed by atoms with van der Waals surface area (Å²) < 4.78 is 46.0. The van der Waals surface area contributed by atoms with Gasteiger partial charge in [0, 0.05) is 37.8 Å². The maximum Gasteiger partial charge on any atom is 0.127 e. The molecule has 1 heterocycles. The van der Waals surface area contributed by atoms with Crippen LogP contribution in [0.1, 0.15) is 17.2 Å². The predicted octanol–water partition coefficient (Wildman–Crippen LogP) is 3.69. The predicted molar refractivity (Wildman–Crippen MR) is 96.8 cm³/mol. The first-order valence-electron chi connectivity index (χ1n) is 8.35. The molecule has 2 aromatic rings. The smallest absolute Gasteiger partial charge is 0.127 e. The van der Waals surface area contributed by atoms with Gasteiger partial charge >= 0.3 is 0 Å². The molecule has 3 rings (SSSR count). The SMILES string of the molecule is Cl.Fc1cccc(C(CNCc2cc(F)ccc2F)N2CCOCC2)c1. The first-order chi connectivity index (χ1) is 12.1. The molecule has 1 saturated heterocycles. The lowest BCUT2D eigenvalue weighted by Gasteiger charge is -2.35. The summed E-state index contributed by atoms with van der Waals surface area (Å²) in [6.07, 6.45) is 0. The standard InChI is InChI=1S/C19H21F3N2O.ClH/c20-16-3-1-2-14(10-16)19(24-6-8-25-9-7-24)13-23-12-15-11-17(21)4-5-18(15)22;/h1-5,10-11,19,23H,6-9,12-13H2;1H. The topological polar surface area (TPSA) is 24.5 Å². The van der Waals surface area contributed by atoms with Gasteiger partial charge in [-0.1, -0.05) is 12.1 Å². The first kappa shape index (κ1) is 20.7. The van der Waals surface area contributed by atoms with Crippen molar-refractivity contribution < 1.29 is 17.9 Å². The average molecular weight is 387 g/mol. The molecule has 1 N–H and O–H groups in total. The van der Waals surface area contributed by atoms with Gasteiger partial charge in [-0.2, -0.15) is 0 Å². The van der Waals surface area contributed by atoms with Crippen LogP contribution in [0.2, 0.25) is 0 Å². The molecule has 0 aliphatic carbocycles. The summed E-state index contributed by atoms with van der Waals surface area (Å²) in [7, 11) is 0. The maximum atomic E-state index is 13.7. The van der Waals surface area contributed by atoms with Crippen LogP contribution in [0.5, 0.6) is 0 Å². The quantitative estimate of drug-likeness (QED) is 0.819. The lowest BCUT2D eigenvalue weighted by atomic mass is 10.0. The molecule has 0 spiro atoms. The fourth-order valence-electron chi connectivity index (χ4n) is 3.08. The summed E-state index contributed by atoms with van der Waals surface area (Å²) in [5.41, 5.74) is 1.13. The fourth-order valence-corrected chi connectivity index (χ4v) is 3.08. The molecule has 0 saturated carbocycles. The second kappa shape index (κ2) is 9.92. The van der Waals surface area contributed by atoms with Crippen LogP contribution in [0, 0.1) is 17.5 Å². The Balaban J connectivity index is 0.00000243. The number of nitrogens with zero attached hydrogens (tertiary/aromatic N) is 1. The Morgan fingerprint density at radius 2 is 1.73 bits per heavy atom. The van der Waals surface area contributed by atoms with E-state index in [2.05, 4.69) is 10.2 Å². The molecular formula is C19H22ClF3N2O. The van der Waals surface area contributed by atoms with Gasteiger partial charge in [0.15, 0.2) is 0 Å². The van der Waals surface area contributed by atoms with Crippen LogP contribution >= 0.6 is 12.4 Å². The molecule has 7 heteroatoms. The summed E-state index contributed by atoms with van der Waals surface area (Å²) in [6, 6.07) is 9.85. The highest BCUT2D eigenvalue weighted by molar-refractivity contribution is 5.85. The van der Waals surface area contributed by atoms with E-state index in [4.69, 9.17) is 4.74 Å². The molecular weight excluding hydrogens is 365 g/mol. The van der Waals surface area contributed by atoms with Crippen molar-refractivity contribution in [3.05, 3.63) is 71.0 Å². The van der Waals surface area contributed by atoms with Crippen molar-refractivity contribution in [2.75, 3.05) is 32.8 Å². The Hall–Kier alpha value is -1.60. The lowest BCUT2D eigenvalue weighted by Crippen LogP contribution is -2.42. The van der Waals surface area contributed by atoms with Gasteiger partial charge in [-0.3, -0.25) is 4.90 Å². The van der Waals surface area contributed by atoms with E-state index in [0.717, 1.165) is 30.8 Å². The molecule has 0 radical (unpaired) electrons. The normalized spacial score (nSPS) is 16.1. The van der Waals surface area contributed by atoms with Gasteiger partial charge in [0.2, 0.25) is 0 Å². The van der Waals surface area contributed by atoms with Gasteiger partial charge in [0.05, 0.1) is 13.2 Å². The van der Waals surface area contributed by atoms with Gasteiger partial charge in [0.25, 0.3) is 0 Å². The minimum absolute atomic E-state index is 0. The molecule has 1 atom stereocenters. The zero-order chi connectivity index (χ0) is 17.6. The van der Waals surface area contributed by atoms with Crippen molar-refractivity contribution in [1.82, 2.24) is 10.2 Å². The third-order valence-electron chi connectivity index (χ3n) is 4.38. The molecule has 0 aromatic heterocycles. The molecule has 1 fully saturated rings. The number of hydrogen-bond donors (Lipinski definition) is 1. The van der Waals surface area contributed by atoms with Gasteiger partial charge in [0.1, 0.15) is 17.5 Å². The minimum atomic E-state index is -0.465. The van der Waals surface area contributed by atoms with Gasteiger partial charge in [-0.25, -0.2) is 13.2 Å². The highest BCUT2D eigenvalue weighted by Crippen LogP contribution is 2.22. The largest absolute Gasteiger partial charge is 0.379 e. The number of morpholine rings is 1. The summed E-state index contributed by atoms with van der Waals surface area (Å²) in [5, 5.41) is 3.17. The van der Waals surface area contributed by atoms with Crippen molar-refractivity contribution >= 4 is 12.4 Å². The van der Waals surface area contributed by atoms with E-state index in [-0.39, 0.29) is 36.4 Å². The summed E-state index contributed by atoms with van der Waals surface area (Å²) in [5.74, 6) is -1.19. The third-order valence-corrected chi connectivity index (χ3v) is 4.38. The summed E-state index contributed by atoms with van der Waals surface area (Å²) >= 11 is 0. The molecule has 142 valence electrons. The van der Waals surface area contributed by atoms with Crippen LogP contribution in [0.15, 0.2) is 42.5 Å². The van der Waals surface area contributed by atoms with E-state index in [1.54, 1.807) is 6.07 Å². The Bertz CT molecular complexity index is 711. The molecule has 3 nitrogen and oxygen atoms in total. The number of benzene rings is 2. The van der Waals surface area contributed by atoms with Crippen molar-refractivity contribution in [1.29, 1.82) is 0 Å². The van der Waals surface area contributed by atoms with E-state index in [0.29, 0.717) is 19.8 Å². The number of hydrogen-bond acceptors (Lipinski definition) is 3. The number of halogens is 4. The molecule has 1 unspecified atom stereocenters. The molecule has 26 heavy (non-hydrogen) atoms. The average Bonchev–Trinajstić information content (AvgIpc) is 2.62. The van der Waals surface area contributed by atoms with Crippen LogP contribution in [0.3, 0.4) is 0 Å². The summed E-state index contributed by atoms with van der Waals surface area (Å²) in [6.45, 7) is 3.46.